The molecule has 0 unspecified atom stereocenters. The van der Waals surface area contributed by atoms with E-state index in [1.807, 2.05) is 0 Å². The normalized spacial score (nSPS) is 10.8. The van der Waals surface area contributed by atoms with Crippen LogP contribution in [0, 0.1) is 0 Å². The highest BCUT2D eigenvalue weighted by molar-refractivity contribution is 5.79. The molecular weight excluding hydrogens is 308 g/mol. The van der Waals surface area contributed by atoms with Gasteiger partial charge in [0.1, 0.15) is 11.5 Å². The molecule has 0 fully saturated rings. The minimum Gasteiger partial charge on any atom is -0.507 e. The van der Waals surface area contributed by atoms with Crippen LogP contribution in [0.4, 0.5) is 0 Å². The number of amides is 2. The fourth-order valence-corrected chi connectivity index (χ4v) is 2.11. The molecule has 0 atom stereocenters. The zero-order valence-electron chi connectivity index (χ0n) is 12.6. The number of nitrogens with one attached hydrogen (secondary N) is 2. The summed E-state index contributed by atoms with van der Waals surface area (Å²) in [5, 5.41) is 25.0. The Hall–Kier alpha value is -3.54. The first-order valence-electron chi connectivity index (χ1n) is 7.04. The summed E-state index contributed by atoms with van der Waals surface area (Å²) in [6.45, 7) is 0. The van der Waals surface area contributed by atoms with Crippen LogP contribution in [0.25, 0.3) is 23.3 Å². The van der Waals surface area contributed by atoms with Crippen LogP contribution in [-0.2, 0) is 9.59 Å². The average molecular weight is 324 g/mol. The summed E-state index contributed by atoms with van der Waals surface area (Å²) >= 11 is 0. The van der Waals surface area contributed by atoms with Crippen molar-refractivity contribution in [1.29, 1.82) is 0 Å². The second-order valence-electron chi connectivity index (χ2n) is 4.79. The summed E-state index contributed by atoms with van der Waals surface area (Å²) in [5.41, 5.74) is 2.36. The van der Waals surface area contributed by atoms with Crippen LogP contribution < -0.4 is 10.6 Å². The molecular formula is C18H16N2O4. The van der Waals surface area contributed by atoms with Gasteiger partial charge in [-0.2, -0.15) is 0 Å². The molecule has 2 aromatic carbocycles. The molecule has 6 nitrogen and oxygen atoms in total. The van der Waals surface area contributed by atoms with Crippen molar-refractivity contribution in [2.75, 3.05) is 0 Å². The lowest BCUT2D eigenvalue weighted by Crippen LogP contribution is -1.98. The van der Waals surface area contributed by atoms with Crippen LogP contribution in [0.15, 0.2) is 48.8 Å². The molecule has 2 rings (SSSR count). The summed E-state index contributed by atoms with van der Waals surface area (Å²) < 4.78 is 0. The summed E-state index contributed by atoms with van der Waals surface area (Å²) in [7, 11) is 0. The number of carbonyl (C=O) groups is 2. The van der Waals surface area contributed by atoms with E-state index < -0.39 is 0 Å². The number of phenols is 2. The first-order valence-corrected chi connectivity index (χ1v) is 7.04. The van der Waals surface area contributed by atoms with Crippen molar-refractivity contribution in [3.63, 3.8) is 0 Å². The fraction of sp³-hybridized carbons (Fsp3) is 0. The van der Waals surface area contributed by atoms with E-state index in [1.165, 1.54) is 24.5 Å². The van der Waals surface area contributed by atoms with Crippen molar-refractivity contribution in [2.24, 2.45) is 0 Å². The van der Waals surface area contributed by atoms with Crippen molar-refractivity contribution in [3.8, 4) is 22.6 Å². The highest BCUT2D eigenvalue weighted by Gasteiger charge is 2.10. The molecule has 0 aromatic heterocycles. The van der Waals surface area contributed by atoms with Crippen LogP contribution >= 0.6 is 0 Å². The van der Waals surface area contributed by atoms with Gasteiger partial charge in [-0.15, -0.1) is 0 Å². The van der Waals surface area contributed by atoms with Gasteiger partial charge in [-0.1, -0.05) is 12.1 Å². The Labute approximate surface area is 138 Å². The standard InChI is InChI=1S/C18H16N2O4/c21-11-19-7-5-13-1-3-17(23)15(9-13)16-10-14(2-4-18(16)24)6-8-20-12-22/h1-12,23-24H,(H,19,21)(H,20,22). The highest BCUT2D eigenvalue weighted by atomic mass is 16.3. The molecule has 2 aromatic rings. The Kier molecular flexibility index (Phi) is 5.74. The van der Waals surface area contributed by atoms with Crippen molar-refractivity contribution in [2.45, 2.75) is 0 Å². The third-order valence-electron chi connectivity index (χ3n) is 3.21. The van der Waals surface area contributed by atoms with Crippen LogP contribution in [0.3, 0.4) is 0 Å². The monoisotopic (exact) mass is 324 g/mol. The zero-order chi connectivity index (χ0) is 17.4. The van der Waals surface area contributed by atoms with E-state index in [0.29, 0.717) is 23.9 Å². The Morgan fingerprint density at radius 2 is 1.12 bits per heavy atom. The Balaban J connectivity index is 2.42. The van der Waals surface area contributed by atoms with E-state index in [2.05, 4.69) is 10.6 Å². The summed E-state index contributed by atoms with van der Waals surface area (Å²) in [6, 6.07) is 9.74. The SMILES string of the molecule is O=CNC=Cc1ccc(O)c(-c2cc(C=CNC=O)ccc2O)c1. The van der Waals surface area contributed by atoms with Crippen LogP contribution in [0.1, 0.15) is 11.1 Å². The van der Waals surface area contributed by atoms with E-state index in [4.69, 9.17) is 0 Å². The molecule has 122 valence electrons. The first-order chi connectivity index (χ1) is 11.7. The molecule has 0 bridgehead atoms. The number of benzene rings is 2. The van der Waals surface area contributed by atoms with Crippen LogP contribution in [0.5, 0.6) is 11.5 Å². The van der Waals surface area contributed by atoms with Crippen molar-refractivity contribution in [3.05, 3.63) is 59.9 Å². The number of phenolic OH excluding ortho intramolecular Hbond substituents is 2. The van der Waals surface area contributed by atoms with E-state index in [0.717, 1.165) is 11.1 Å². The molecule has 2 amide bonds. The summed E-state index contributed by atoms with van der Waals surface area (Å²) in [4.78, 5) is 20.5. The molecule has 0 heterocycles. The second kappa shape index (κ2) is 8.19. The van der Waals surface area contributed by atoms with Gasteiger partial charge < -0.3 is 20.8 Å². The van der Waals surface area contributed by atoms with Gasteiger partial charge in [0.25, 0.3) is 0 Å². The predicted molar refractivity (Wildman–Crippen MR) is 91.7 cm³/mol. The Morgan fingerprint density at radius 3 is 1.50 bits per heavy atom. The molecule has 0 aliphatic heterocycles. The van der Waals surface area contributed by atoms with Crippen molar-refractivity contribution >= 4 is 25.0 Å². The molecule has 4 N–H and O–H groups in total. The largest absolute Gasteiger partial charge is 0.507 e. The third-order valence-corrected chi connectivity index (χ3v) is 3.21. The van der Waals surface area contributed by atoms with Gasteiger partial charge in [-0.25, -0.2) is 0 Å². The molecule has 24 heavy (non-hydrogen) atoms. The van der Waals surface area contributed by atoms with E-state index >= 15 is 0 Å². The number of rotatable bonds is 7. The number of hydrogen-bond donors (Lipinski definition) is 4. The minimum atomic E-state index is 0.0120. The molecule has 0 aliphatic carbocycles. The number of aromatic hydroxyl groups is 2. The fourth-order valence-electron chi connectivity index (χ4n) is 2.11. The average Bonchev–Trinajstić information content (AvgIpc) is 2.58. The molecule has 0 radical (unpaired) electrons. The Bertz CT molecular complexity index is 730. The lowest BCUT2D eigenvalue weighted by atomic mass is 9.99. The zero-order valence-corrected chi connectivity index (χ0v) is 12.6. The summed E-state index contributed by atoms with van der Waals surface area (Å²) in [6.07, 6.45) is 7.35. The van der Waals surface area contributed by atoms with Gasteiger partial charge in [0, 0.05) is 23.5 Å². The quantitative estimate of drug-likeness (QED) is 0.587. The first kappa shape index (κ1) is 16.8. The topological polar surface area (TPSA) is 98.7 Å². The van der Waals surface area contributed by atoms with Gasteiger partial charge >= 0.3 is 0 Å². The molecule has 0 saturated heterocycles. The number of hydrogen-bond acceptors (Lipinski definition) is 4. The van der Waals surface area contributed by atoms with Crippen LogP contribution in [0.2, 0.25) is 0 Å². The van der Waals surface area contributed by atoms with Gasteiger partial charge in [0.05, 0.1) is 0 Å². The van der Waals surface area contributed by atoms with Gasteiger partial charge in [-0.3, -0.25) is 9.59 Å². The van der Waals surface area contributed by atoms with Crippen LogP contribution in [-0.4, -0.2) is 23.0 Å². The number of carbonyl (C=O) groups excluding carboxylic acids is 2. The third kappa shape index (κ3) is 4.23. The van der Waals surface area contributed by atoms with Gasteiger partial charge in [0.2, 0.25) is 12.8 Å². The second-order valence-corrected chi connectivity index (χ2v) is 4.79. The van der Waals surface area contributed by atoms with Gasteiger partial charge in [-0.05, 0) is 47.5 Å². The molecule has 0 aliphatic rings. The van der Waals surface area contributed by atoms with E-state index in [-0.39, 0.29) is 11.5 Å². The van der Waals surface area contributed by atoms with E-state index in [9.17, 15) is 19.8 Å². The lowest BCUT2D eigenvalue weighted by molar-refractivity contribution is -0.109. The molecule has 0 spiro atoms. The maximum atomic E-state index is 10.3. The highest BCUT2D eigenvalue weighted by Crippen LogP contribution is 2.36. The minimum absolute atomic E-state index is 0.0120. The Morgan fingerprint density at radius 1 is 0.708 bits per heavy atom. The maximum Gasteiger partial charge on any atom is 0.211 e. The lowest BCUT2D eigenvalue weighted by Gasteiger charge is -2.09. The molecule has 6 heteroatoms. The molecule has 0 saturated carbocycles. The van der Waals surface area contributed by atoms with Crippen molar-refractivity contribution < 1.29 is 19.8 Å². The maximum absolute atomic E-state index is 10.3. The summed E-state index contributed by atoms with van der Waals surface area (Å²) in [5.74, 6) is 0.0240. The smallest absolute Gasteiger partial charge is 0.211 e. The van der Waals surface area contributed by atoms with Crippen molar-refractivity contribution in [1.82, 2.24) is 10.6 Å². The predicted octanol–water partition coefficient (Wildman–Crippen LogP) is 2.20. The van der Waals surface area contributed by atoms with E-state index in [1.54, 1.807) is 36.4 Å². The van der Waals surface area contributed by atoms with Gasteiger partial charge in [0.15, 0.2) is 0 Å².